The molecular weight excluding hydrogens is 352 g/mol. The Bertz CT molecular complexity index is 1080. The lowest BCUT2D eigenvalue weighted by Gasteiger charge is -2.06. The summed E-state index contributed by atoms with van der Waals surface area (Å²) >= 11 is 0. The Morgan fingerprint density at radius 3 is 2.54 bits per heavy atom. The third-order valence-electron chi connectivity index (χ3n) is 4.54. The van der Waals surface area contributed by atoms with E-state index in [1.54, 1.807) is 24.3 Å². The Morgan fingerprint density at radius 2 is 1.75 bits per heavy atom. The number of Topliss-reactive ketones (excluding diaryl/α,β-unsaturated/α-hetero) is 1. The second-order valence-corrected chi connectivity index (χ2v) is 6.59. The van der Waals surface area contributed by atoms with E-state index in [1.807, 2.05) is 61.5 Å². The van der Waals surface area contributed by atoms with Crippen LogP contribution >= 0.6 is 0 Å². The zero-order chi connectivity index (χ0) is 19.5. The van der Waals surface area contributed by atoms with Gasteiger partial charge in [0.25, 0.3) is 0 Å². The number of rotatable bonds is 4. The molecule has 0 amide bonds. The van der Waals surface area contributed by atoms with Crippen molar-refractivity contribution in [2.24, 2.45) is 0 Å². The van der Waals surface area contributed by atoms with Crippen LogP contribution in [-0.2, 0) is 11.2 Å². The van der Waals surface area contributed by atoms with E-state index in [4.69, 9.17) is 9.47 Å². The lowest BCUT2D eigenvalue weighted by atomic mass is 10.1. The molecule has 0 saturated carbocycles. The van der Waals surface area contributed by atoms with Crippen LogP contribution in [0.2, 0.25) is 0 Å². The molecule has 1 aliphatic rings. The molecule has 4 heteroatoms. The third kappa shape index (κ3) is 3.71. The van der Waals surface area contributed by atoms with Crippen molar-refractivity contribution in [2.75, 3.05) is 0 Å². The number of ether oxygens (including phenoxy) is 2. The first-order chi connectivity index (χ1) is 13.6. The predicted molar refractivity (Wildman–Crippen MR) is 106 cm³/mol. The zero-order valence-corrected chi connectivity index (χ0v) is 15.3. The Hall–Kier alpha value is -3.66. The van der Waals surface area contributed by atoms with Gasteiger partial charge in [-0.15, -0.1) is 0 Å². The first kappa shape index (κ1) is 17.7. The van der Waals surface area contributed by atoms with Gasteiger partial charge in [-0.25, -0.2) is 0 Å². The van der Waals surface area contributed by atoms with E-state index < -0.39 is 0 Å². The van der Waals surface area contributed by atoms with Crippen molar-refractivity contribution in [1.29, 1.82) is 0 Å². The summed E-state index contributed by atoms with van der Waals surface area (Å²) in [6.45, 7) is 1.98. The van der Waals surface area contributed by atoms with Crippen molar-refractivity contribution in [3.63, 3.8) is 0 Å². The van der Waals surface area contributed by atoms with Crippen molar-refractivity contribution in [3.05, 3.63) is 101 Å². The third-order valence-corrected chi connectivity index (χ3v) is 4.54. The average Bonchev–Trinajstić information content (AvgIpc) is 2.99. The number of hydrogen-bond donors (Lipinski definition) is 0. The summed E-state index contributed by atoms with van der Waals surface area (Å²) in [6, 6.07) is 22.0. The maximum Gasteiger partial charge on any atom is 0.315 e. The van der Waals surface area contributed by atoms with E-state index in [9.17, 15) is 9.59 Å². The number of esters is 1. The van der Waals surface area contributed by atoms with E-state index >= 15 is 0 Å². The SMILES string of the molecule is Cc1ccccc1/C=C1\Oc2cc(OC(=O)Cc3ccccc3)ccc2C1=O. The molecule has 0 radical (unpaired) electrons. The van der Waals surface area contributed by atoms with Gasteiger partial charge in [-0.1, -0.05) is 54.6 Å². The van der Waals surface area contributed by atoms with Crippen molar-refractivity contribution in [3.8, 4) is 11.5 Å². The fourth-order valence-electron chi connectivity index (χ4n) is 3.05. The van der Waals surface area contributed by atoms with Crippen LogP contribution < -0.4 is 9.47 Å². The number of ketones is 1. The molecule has 0 aromatic heterocycles. The number of carbonyl (C=O) groups is 2. The highest BCUT2D eigenvalue weighted by atomic mass is 16.5. The second kappa shape index (κ2) is 7.53. The highest BCUT2D eigenvalue weighted by molar-refractivity contribution is 6.14. The van der Waals surface area contributed by atoms with Crippen molar-refractivity contribution < 1.29 is 19.1 Å². The summed E-state index contributed by atoms with van der Waals surface area (Å²) < 4.78 is 11.1. The van der Waals surface area contributed by atoms with Crippen LogP contribution in [0.3, 0.4) is 0 Å². The van der Waals surface area contributed by atoms with Crippen LogP contribution in [0.5, 0.6) is 11.5 Å². The fraction of sp³-hybridized carbons (Fsp3) is 0.0833. The van der Waals surface area contributed by atoms with Crippen LogP contribution in [0.25, 0.3) is 6.08 Å². The molecule has 0 spiro atoms. The molecular formula is C24H18O4. The van der Waals surface area contributed by atoms with Gasteiger partial charge < -0.3 is 9.47 Å². The molecule has 0 aliphatic carbocycles. The molecule has 4 rings (SSSR count). The summed E-state index contributed by atoms with van der Waals surface area (Å²) in [6.07, 6.45) is 1.91. The largest absolute Gasteiger partial charge is 0.452 e. The molecule has 4 nitrogen and oxygen atoms in total. The van der Waals surface area contributed by atoms with Crippen LogP contribution in [0, 0.1) is 6.92 Å². The van der Waals surface area contributed by atoms with E-state index in [0.717, 1.165) is 16.7 Å². The van der Waals surface area contributed by atoms with Gasteiger partial charge in [0.1, 0.15) is 11.5 Å². The van der Waals surface area contributed by atoms with E-state index in [2.05, 4.69) is 0 Å². The maximum atomic E-state index is 12.6. The molecule has 0 saturated heterocycles. The maximum absolute atomic E-state index is 12.6. The fourth-order valence-corrected chi connectivity index (χ4v) is 3.05. The number of fused-ring (bicyclic) bond motifs is 1. The normalized spacial score (nSPS) is 13.9. The topological polar surface area (TPSA) is 52.6 Å². The van der Waals surface area contributed by atoms with E-state index in [-0.39, 0.29) is 23.9 Å². The molecule has 3 aromatic rings. The van der Waals surface area contributed by atoms with E-state index in [1.165, 1.54) is 0 Å². The highest BCUT2D eigenvalue weighted by Gasteiger charge is 2.28. The van der Waals surface area contributed by atoms with Crippen LogP contribution in [-0.4, -0.2) is 11.8 Å². The van der Waals surface area contributed by atoms with Crippen molar-refractivity contribution in [1.82, 2.24) is 0 Å². The summed E-state index contributed by atoms with van der Waals surface area (Å²) in [4.78, 5) is 24.7. The van der Waals surface area contributed by atoms with Crippen molar-refractivity contribution in [2.45, 2.75) is 13.3 Å². The molecule has 3 aromatic carbocycles. The summed E-state index contributed by atoms with van der Waals surface area (Å²) in [5.74, 6) is 0.461. The van der Waals surface area contributed by atoms with E-state index in [0.29, 0.717) is 17.1 Å². The highest BCUT2D eigenvalue weighted by Crippen LogP contribution is 2.35. The molecule has 0 atom stereocenters. The Kier molecular flexibility index (Phi) is 4.77. The average molecular weight is 370 g/mol. The first-order valence-corrected chi connectivity index (χ1v) is 8.99. The zero-order valence-electron chi connectivity index (χ0n) is 15.3. The van der Waals surface area contributed by atoms with Gasteiger partial charge in [-0.3, -0.25) is 9.59 Å². The quantitative estimate of drug-likeness (QED) is 0.377. The smallest absolute Gasteiger partial charge is 0.315 e. The van der Waals surface area contributed by atoms with Gasteiger partial charge >= 0.3 is 5.97 Å². The van der Waals surface area contributed by atoms with Gasteiger partial charge in [0.2, 0.25) is 5.78 Å². The minimum Gasteiger partial charge on any atom is -0.452 e. The summed E-state index contributed by atoms with van der Waals surface area (Å²) in [5.41, 5.74) is 3.32. The molecule has 1 heterocycles. The van der Waals surface area contributed by atoms with Crippen LogP contribution in [0.15, 0.2) is 78.6 Å². The number of benzene rings is 3. The Balaban J connectivity index is 1.51. The lowest BCUT2D eigenvalue weighted by Crippen LogP contribution is -2.11. The molecule has 0 unspecified atom stereocenters. The molecule has 0 fully saturated rings. The summed E-state index contributed by atoms with van der Waals surface area (Å²) in [5, 5.41) is 0. The summed E-state index contributed by atoms with van der Waals surface area (Å²) in [7, 11) is 0. The van der Waals surface area contributed by atoms with Gasteiger partial charge in [0, 0.05) is 6.07 Å². The molecule has 1 aliphatic heterocycles. The minimum atomic E-state index is -0.369. The van der Waals surface area contributed by atoms with Gasteiger partial charge in [0.15, 0.2) is 5.76 Å². The molecule has 138 valence electrons. The number of hydrogen-bond acceptors (Lipinski definition) is 4. The Labute approximate surface area is 163 Å². The lowest BCUT2D eigenvalue weighted by molar-refractivity contribution is -0.133. The predicted octanol–water partition coefficient (Wildman–Crippen LogP) is 4.76. The van der Waals surface area contributed by atoms with Crippen LogP contribution in [0.4, 0.5) is 0 Å². The number of aryl methyl sites for hydroxylation is 1. The monoisotopic (exact) mass is 370 g/mol. The first-order valence-electron chi connectivity index (χ1n) is 8.99. The van der Waals surface area contributed by atoms with Gasteiger partial charge in [-0.05, 0) is 41.8 Å². The van der Waals surface area contributed by atoms with Gasteiger partial charge in [-0.2, -0.15) is 0 Å². The molecule has 28 heavy (non-hydrogen) atoms. The van der Waals surface area contributed by atoms with Crippen molar-refractivity contribution >= 4 is 17.8 Å². The van der Waals surface area contributed by atoms with Crippen LogP contribution in [0.1, 0.15) is 27.0 Å². The second-order valence-electron chi connectivity index (χ2n) is 6.59. The number of carbonyl (C=O) groups excluding carboxylic acids is 2. The minimum absolute atomic E-state index is 0.177. The molecule has 0 N–H and O–H groups in total. The Morgan fingerprint density at radius 1 is 1.00 bits per heavy atom. The number of allylic oxidation sites excluding steroid dienone is 1. The molecule has 0 bridgehead atoms. The standard InChI is InChI=1S/C24H18O4/c1-16-7-5-6-10-18(16)14-22-24(26)20-12-11-19(15-21(20)28-22)27-23(25)13-17-8-3-2-4-9-17/h2-12,14-15H,13H2,1H3/b22-14-. The van der Waals surface area contributed by atoms with Gasteiger partial charge in [0.05, 0.1) is 12.0 Å².